The van der Waals surface area contributed by atoms with E-state index in [9.17, 15) is 36.9 Å². The third kappa shape index (κ3) is 4.43. The zero-order chi connectivity index (χ0) is 31.6. The summed E-state index contributed by atoms with van der Waals surface area (Å²) >= 11 is 0. The van der Waals surface area contributed by atoms with Crippen molar-refractivity contribution in [1.82, 2.24) is 0 Å². The fourth-order valence-corrected chi connectivity index (χ4v) is 5.76. The Kier molecular flexibility index (Phi) is 6.47. The summed E-state index contributed by atoms with van der Waals surface area (Å²) in [7, 11) is 0. The molecule has 0 saturated carbocycles. The molecule has 220 valence electrons. The van der Waals surface area contributed by atoms with Crippen molar-refractivity contribution in [2.75, 3.05) is 0 Å². The van der Waals surface area contributed by atoms with Crippen LogP contribution in [0.2, 0.25) is 0 Å². The van der Waals surface area contributed by atoms with Crippen molar-refractivity contribution in [2.24, 2.45) is 11.5 Å². The Bertz CT molecular complexity index is 1840. The van der Waals surface area contributed by atoms with E-state index in [0.29, 0.717) is 33.0 Å². The highest BCUT2D eigenvalue weighted by molar-refractivity contribution is 5.97. The monoisotopic (exact) mass is 604 g/mol. The van der Waals surface area contributed by atoms with Crippen molar-refractivity contribution in [1.29, 1.82) is 10.5 Å². The Morgan fingerprint density at radius 1 is 0.568 bits per heavy atom. The molecule has 12 heteroatoms. The van der Waals surface area contributed by atoms with E-state index in [1.165, 1.54) is 24.3 Å². The molecule has 0 unspecified atom stereocenters. The number of ether oxygens (including phenoxy) is 2. The highest BCUT2D eigenvalue weighted by atomic mass is 19.4. The second-order valence-electron chi connectivity index (χ2n) is 10.1. The van der Waals surface area contributed by atoms with E-state index in [4.69, 9.17) is 20.9 Å². The second-order valence-corrected chi connectivity index (χ2v) is 10.1. The first-order chi connectivity index (χ1) is 20.8. The number of hydrogen-bond donors (Lipinski definition) is 2. The van der Waals surface area contributed by atoms with Crippen LogP contribution in [0.5, 0.6) is 11.5 Å². The number of allylic oxidation sites excluding steroid dienone is 2. The van der Waals surface area contributed by atoms with Crippen molar-refractivity contribution in [3.63, 3.8) is 0 Å². The Hall–Kier alpha value is -5.62. The smallest absolute Gasteiger partial charge is 0.416 e. The molecule has 0 saturated heterocycles. The fraction of sp³-hybridized carbons (Fsp3) is 0.125. The summed E-state index contributed by atoms with van der Waals surface area (Å²) < 4.78 is 92.0. The lowest BCUT2D eigenvalue weighted by Crippen LogP contribution is -2.26. The van der Waals surface area contributed by atoms with Crippen LogP contribution in [0.15, 0.2) is 95.7 Å². The zero-order valence-electron chi connectivity index (χ0n) is 22.2. The third-order valence-corrected chi connectivity index (χ3v) is 7.70. The molecular weight excluding hydrogens is 586 g/mol. The number of nitrogens with two attached hydrogens (primary N) is 2. The lowest BCUT2D eigenvalue weighted by atomic mass is 9.75. The maximum atomic E-state index is 13.3. The fourth-order valence-electron chi connectivity index (χ4n) is 5.76. The summed E-state index contributed by atoms with van der Waals surface area (Å²) in [5.41, 5.74) is 11.8. The molecule has 0 spiro atoms. The van der Waals surface area contributed by atoms with E-state index >= 15 is 0 Å². The highest BCUT2D eigenvalue weighted by Gasteiger charge is 2.42. The lowest BCUT2D eigenvalue weighted by Gasteiger charge is -2.34. The zero-order valence-corrected chi connectivity index (χ0v) is 22.2. The molecule has 2 heterocycles. The summed E-state index contributed by atoms with van der Waals surface area (Å²) in [6, 6.07) is 19.4. The first-order valence-electron chi connectivity index (χ1n) is 12.9. The average molecular weight is 605 g/mol. The van der Waals surface area contributed by atoms with Gasteiger partial charge in [-0.15, -0.1) is 0 Å². The SMILES string of the molecule is N#CC1=C(N)Oc2c3c(c4ccccc4c2[C@@H]1c1ccc(C(F)(F)F)cc1)[C@H](c1ccc(C(F)(F)F)cc1)C(C#N)=C(N)O3. The van der Waals surface area contributed by atoms with E-state index in [0.717, 1.165) is 24.3 Å². The van der Waals surface area contributed by atoms with Crippen LogP contribution in [-0.4, -0.2) is 0 Å². The van der Waals surface area contributed by atoms with Gasteiger partial charge >= 0.3 is 12.4 Å². The summed E-state index contributed by atoms with van der Waals surface area (Å²) in [5.74, 6) is -2.61. The highest BCUT2D eigenvalue weighted by Crippen LogP contribution is 2.57. The number of alkyl halides is 6. The summed E-state index contributed by atoms with van der Waals surface area (Å²) in [6.45, 7) is 0. The topological polar surface area (TPSA) is 118 Å². The van der Waals surface area contributed by atoms with Crippen LogP contribution in [0.4, 0.5) is 26.3 Å². The van der Waals surface area contributed by atoms with Crippen molar-refractivity contribution in [3.05, 3.63) is 129 Å². The van der Waals surface area contributed by atoms with Gasteiger partial charge in [-0.2, -0.15) is 36.9 Å². The van der Waals surface area contributed by atoms with Gasteiger partial charge in [-0.05, 0) is 46.2 Å². The van der Waals surface area contributed by atoms with Gasteiger partial charge < -0.3 is 20.9 Å². The maximum Gasteiger partial charge on any atom is 0.416 e. The normalized spacial score (nSPS) is 18.1. The first kappa shape index (κ1) is 28.5. The predicted octanol–water partition coefficient (Wildman–Crippen LogP) is 7.31. The molecule has 0 radical (unpaired) electrons. The predicted molar refractivity (Wildman–Crippen MR) is 145 cm³/mol. The lowest BCUT2D eigenvalue weighted by molar-refractivity contribution is -0.138. The first-order valence-corrected chi connectivity index (χ1v) is 12.9. The molecule has 6 rings (SSSR count). The van der Waals surface area contributed by atoms with E-state index in [1.807, 2.05) is 12.1 Å². The van der Waals surface area contributed by atoms with Crippen LogP contribution in [0.1, 0.15) is 45.2 Å². The third-order valence-electron chi connectivity index (χ3n) is 7.70. The number of halogens is 6. The Morgan fingerprint density at radius 3 is 1.20 bits per heavy atom. The number of hydrogen-bond acceptors (Lipinski definition) is 6. The van der Waals surface area contributed by atoms with Crippen LogP contribution in [0.25, 0.3) is 10.8 Å². The van der Waals surface area contributed by atoms with E-state index in [2.05, 4.69) is 0 Å². The number of fused-ring (bicyclic) bond motifs is 6. The Morgan fingerprint density at radius 2 is 0.909 bits per heavy atom. The molecular formula is C32H18F6N4O2. The van der Waals surface area contributed by atoms with E-state index < -0.39 is 35.3 Å². The minimum atomic E-state index is -4.59. The van der Waals surface area contributed by atoms with Gasteiger partial charge in [0.25, 0.3) is 0 Å². The minimum Gasteiger partial charge on any atom is -0.436 e. The Balaban J connectivity index is 1.65. The van der Waals surface area contributed by atoms with Gasteiger partial charge in [0.2, 0.25) is 11.8 Å². The quantitative estimate of drug-likeness (QED) is 0.232. The summed E-state index contributed by atoms with van der Waals surface area (Å²) in [5, 5.41) is 21.1. The van der Waals surface area contributed by atoms with Gasteiger partial charge in [0, 0.05) is 11.1 Å². The number of rotatable bonds is 2. The van der Waals surface area contributed by atoms with Crippen LogP contribution in [-0.2, 0) is 12.4 Å². The van der Waals surface area contributed by atoms with Crippen molar-refractivity contribution < 1.29 is 35.8 Å². The van der Waals surface area contributed by atoms with Gasteiger partial charge in [-0.25, -0.2) is 0 Å². The van der Waals surface area contributed by atoms with Gasteiger partial charge in [0.05, 0.1) is 23.0 Å². The van der Waals surface area contributed by atoms with Crippen molar-refractivity contribution >= 4 is 10.8 Å². The molecule has 0 bridgehead atoms. The largest absolute Gasteiger partial charge is 0.436 e. The van der Waals surface area contributed by atoms with Crippen LogP contribution < -0.4 is 20.9 Å². The van der Waals surface area contributed by atoms with Crippen LogP contribution >= 0.6 is 0 Å². The molecule has 2 aliphatic heterocycles. The van der Waals surface area contributed by atoms with Gasteiger partial charge in [-0.3, -0.25) is 0 Å². The molecule has 0 aliphatic carbocycles. The van der Waals surface area contributed by atoms with E-state index in [1.54, 1.807) is 24.3 Å². The standard InChI is InChI=1S/C32H18F6N4O2/c33-31(34,35)17-9-5-15(6-10-17)23-21(13-39)29(41)43-27-25(23)19-3-1-2-4-20(19)26-24(22(14-40)30(42)44-28(26)27)16-7-11-18(12-8-16)32(36,37)38/h1-12,23-24H,41-42H2/t23-,24-/m1/s1. The molecule has 0 amide bonds. The Labute approximate surface area is 245 Å². The molecule has 4 aromatic rings. The average Bonchev–Trinajstić information content (AvgIpc) is 2.99. The van der Waals surface area contributed by atoms with Crippen LogP contribution in [0, 0.1) is 22.7 Å². The van der Waals surface area contributed by atoms with Crippen LogP contribution in [0.3, 0.4) is 0 Å². The van der Waals surface area contributed by atoms with E-state index in [-0.39, 0.29) is 34.4 Å². The van der Waals surface area contributed by atoms with Gasteiger partial charge in [0.1, 0.15) is 23.3 Å². The summed E-state index contributed by atoms with van der Waals surface area (Å²) in [6.07, 6.45) is -9.18. The molecule has 2 aliphatic rings. The second kappa shape index (κ2) is 9.99. The number of benzene rings is 4. The molecule has 2 atom stereocenters. The van der Waals surface area contributed by atoms with Crippen molar-refractivity contribution in [2.45, 2.75) is 24.2 Å². The van der Waals surface area contributed by atoms with Gasteiger partial charge in [-0.1, -0.05) is 48.5 Å². The number of nitrogens with zero attached hydrogens (tertiary/aromatic N) is 2. The molecule has 0 aromatic heterocycles. The summed E-state index contributed by atoms with van der Waals surface area (Å²) in [4.78, 5) is 0. The van der Waals surface area contributed by atoms with Crippen molar-refractivity contribution in [3.8, 4) is 23.6 Å². The number of nitriles is 2. The minimum absolute atomic E-state index is 0.0111. The molecule has 44 heavy (non-hydrogen) atoms. The maximum absolute atomic E-state index is 13.3. The molecule has 6 nitrogen and oxygen atoms in total. The van der Waals surface area contributed by atoms with Gasteiger partial charge in [0.15, 0.2) is 11.5 Å². The molecule has 0 fully saturated rings. The molecule has 4 N–H and O–H groups in total. The molecule has 4 aromatic carbocycles.